The van der Waals surface area contributed by atoms with Gasteiger partial charge in [-0.25, -0.2) is 0 Å². The highest BCUT2D eigenvalue weighted by Crippen LogP contribution is 2.46. The second-order valence-electron chi connectivity index (χ2n) is 24.1. The summed E-state index contributed by atoms with van der Waals surface area (Å²) in [6.07, 6.45) is 16.8. The van der Waals surface area contributed by atoms with Gasteiger partial charge in [-0.2, -0.15) is 14.4 Å². The summed E-state index contributed by atoms with van der Waals surface area (Å²) in [6.45, 7) is 9.66. The molecule has 0 unspecified atom stereocenters. The molecule has 3 spiro atoms. The van der Waals surface area contributed by atoms with Crippen molar-refractivity contribution in [2.24, 2.45) is 17.2 Å². The molecule has 21 nitrogen and oxygen atoms in total. The second kappa shape index (κ2) is 31.2. The lowest BCUT2D eigenvalue weighted by Gasteiger charge is -2.40. The molecule has 3 aromatic heterocycles. The number of fused-ring (bicyclic) bond motifs is 3. The van der Waals surface area contributed by atoms with Gasteiger partial charge in [-0.3, -0.25) is 0 Å². The van der Waals surface area contributed by atoms with Gasteiger partial charge in [0.05, 0.1) is 19.6 Å². The summed E-state index contributed by atoms with van der Waals surface area (Å²) in [7, 11) is 0. The van der Waals surface area contributed by atoms with Crippen LogP contribution in [0.3, 0.4) is 0 Å². The van der Waals surface area contributed by atoms with E-state index in [1.807, 2.05) is 30.3 Å². The first-order chi connectivity index (χ1) is 44.8. The van der Waals surface area contributed by atoms with Gasteiger partial charge in [-0.15, -0.1) is 30.6 Å². The maximum atomic E-state index is 6.50. The number of piperidine rings is 3. The summed E-state index contributed by atoms with van der Waals surface area (Å²) in [5.74, 6) is 4.80. The van der Waals surface area contributed by atoms with Gasteiger partial charge in [0.1, 0.15) is 34.1 Å². The molecule has 6 aromatic carbocycles. The molecule has 6 aliphatic rings. The van der Waals surface area contributed by atoms with Crippen LogP contribution in [0.5, 0.6) is 17.2 Å². The Bertz CT molecular complexity index is 3980. The Morgan fingerprint density at radius 2 is 0.638 bits per heavy atom. The summed E-state index contributed by atoms with van der Waals surface area (Å²) in [5, 5.41) is 48.6. The molecule has 15 rings (SSSR count). The van der Waals surface area contributed by atoms with Crippen molar-refractivity contribution in [2.75, 3.05) is 58.9 Å². The van der Waals surface area contributed by atoms with E-state index < -0.39 is 0 Å². The minimum Gasteiger partial charge on any atom is -0.482 e. The fourth-order valence-corrected chi connectivity index (χ4v) is 12.8. The van der Waals surface area contributed by atoms with Gasteiger partial charge in [0.2, 0.25) is 17.5 Å². The van der Waals surface area contributed by atoms with Crippen LogP contribution in [0, 0.1) is 0 Å². The number of unbranched alkanes of at least 4 members (excludes halogenated alkanes) is 2. The lowest BCUT2D eigenvalue weighted by atomic mass is 9.83. The first-order valence-electron chi connectivity index (χ1n) is 32.2. The first-order valence-corrected chi connectivity index (χ1v) is 32.2. The number of rotatable bonds is 16. The van der Waals surface area contributed by atoms with Gasteiger partial charge in [-0.05, 0) is 157 Å². The molecule has 0 amide bonds. The van der Waals surface area contributed by atoms with Crippen LogP contribution in [0.1, 0.15) is 120 Å². The summed E-state index contributed by atoms with van der Waals surface area (Å²) >= 11 is 0. The van der Waals surface area contributed by atoms with Crippen LogP contribution in [-0.2, 0) is 19.6 Å². The molecule has 6 aliphatic heterocycles. The van der Waals surface area contributed by atoms with Crippen molar-refractivity contribution in [2.45, 2.75) is 123 Å². The topological polar surface area (TPSA) is 273 Å². The number of nitrogens with one attached hydrogen (secondary N) is 3. The van der Waals surface area contributed by atoms with Gasteiger partial charge in [0.25, 0.3) is 0 Å². The predicted octanol–water partition coefficient (Wildman–Crippen LogP) is 10.2. The number of aromatic nitrogens is 12. The van der Waals surface area contributed by atoms with Crippen molar-refractivity contribution in [1.29, 1.82) is 0 Å². The number of nitrogens with two attached hydrogens (primary N) is 3. The number of benzene rings is 6. The van der Waals surface area contributed by atoms with Crippen LogP contribution in [0.15, 0.2) is 164 Å². The molecular weight excluding hydrogens is 1180 g/mol. The molecule has 21 heteroatoms. The normalized spacial score (nSPS) is 16.7. The van der Waals surface area contributed by atoms with Crippen molar-refractivity contribution in [3.63, 3.8) is 0 Å². The zero-order chi connectivity index (χ0) is 61.9. The SMILES string of the molecule is C.C.C.NCCCCCn1nnc(-c2ccc(C3=CC4(CCNCC4)Oc4ccccc43)cc2)n1.NCCCn1nnc(-c2ccc(C3=CC4(CCNCC4)Oc4ccccc43)cc2)n1.NCCn1nnc(-c2ccc(C3=CC4(CCNCC4)Oc4ccccc43)cc2)n1. The van der Waals surface area contributed by atoms with Crippen molar-refractivity contribution < 1.29 is 14.2 Å². The highest BCUT2D eigenvalue weighted by atomic mass is 16.5. The number of para-hydroxylation sites is 3. The molecule has 9 aromatic rings. The Balaban J connectivity index is 0.000000152. The minimum absolute atomic E-state index is 0. The summed E-state index contributed by atoms with van der Waals surface area (Å²) in [5.41, 5.74) is 29.4. The van der Waals surface area contributed by atoms with E-state index in [9.17, 15) is 0 Å². The zero-order valence-corrected chi connectivity index (χ0v) is 51.5. The predicted molar refractivity (Wildman–Crippen MR) is 373 cm³/mol. The summed E-state index contributed by atoms with van der Waals surface area (Å²) in [4.78, 5) is 4.81. The van der Waals surface area contributed by atoms with E-state index in [-0.39, 0.29) is 39.1 Å². The van der Waals surface area contributed by atoms with E-state index in [4.69, 9.17) is 31.4 Å². The smallest absolute Gasteiger partial charge is 0.204 e. The van der Waals surface area contributed by atoms with Crippen molar-refractivity contribution in [1.82, 2.24) is 76.6 Å². The number of hydrogen-bond acceptors (Lipinski definition) is 18. The van der Waals surface area contributed by atoms with Crippen molar-refractivity contribution in [3.05, 3.63) is 197 Å². The van der Waals surface area contributed by atoms with Crippen molar-refractivity contribution in [3.8, 4) is 51.4 Å². The molecule has 9 N–H and O–H groups in total. The average molecular weight is 1270 g/mol. The maximum absolute atomic E-state index is 6.50. The molecule has 0 saturated carbocycles. The van der Waals surface area contributed by atoms with Gasteiger partial charge >= 0.3 is 0 Å². The van der Waals surface area contributed by atoms with Gasteiger partial charge in [0, 0.05) is 78.5 Å². The van der Waals surface area contributed by atoms with E-state index in [2.05, 4.69) is 196 Å². The molecule has 0 atom stereocenters. The van der Waals surface area contributed by atoms with Crippen LogP contribution in [0.25, 0.3) is 50.9 Å². The minimum atomic E-state index is -0.236. The molecule has 3 fully saturated rings. The summed E-state index contributed by atoms with van der Waals surface area (Å²) in [6, 6.07) is 50.2. The standard InChI is InChI=1S/C25H30N6O.C23H26N6O.C22H24N6O.3CH4/c26-14-4-1-5-17-31-29-24(28-30-31)20-10-8-19(9-11-20)22-18-25(12-15-27-16-13-25)32-23-7-3-2-6-21(22)23;24-12-3-15-29-27-22(26-28-29)18-8-6-17(7-9-18)20-16-23(10-13-25-14-11-23)30-21-5-2-1-4-19(20)21;23-11-14-28-26-21(25-27-28)17-7-5-16(6-8-17)19-15-22(9-12-24-13-10-22)29-20-4-2-1-3-18(19)20;;;/h2-3,6-11,18,27H,1,4-5,12-17,26H2;1-2,4-9,16,25H,3,10-15,24H2;1-8,15,24H,9-14,23H2;3*1H4. The highest BCUT2D eigenvalue weighted by molar-refractivity contribution is 5.87. The lowest BCUT2D eigenvalue weighted by Crippen LogP contribution is -2.46. The largest absolute Gasteiger partial charge is 0.482 e. The average Bonchev–Trinajstić information content (AvgIpc) is 1.83. The fraction of sp³-hybridized carbons (Fsp3) is 0.384. The van der Waals surface area contributed by atoms with Gasteiger partial charge in [0.15, 0.2) is 0 Å². The van der Waals surface area contributed by atoms with E-state index in [0.29, 0.717) is 43.7 Å². The van der Waals surface area contributed by atoms with Gasteiger partial charge < -0.3 is 47.4 Å². The van der Waals surface area contributed by atoms with Crippen LogP contribution >= 0.6 is 0 Å². The number of ether oxygens (including phenoxy) is 3. The molecule has 0 bridgehead atoms. The third kappa shape index (κ3) is 15.4. The van der Waals surface area contributed by atoms with Crippen LogP contribution in [-0.4, -0.2) is 136 Å². The van der Waals surface area contributed by atoms with E-state index in [1.165, 1.54) is 32.6 Å². The molecule has 492 valence electrons. The van der Waals surface area contributed by atoms with Gasteiger partial charge in [-0.1, -0.05) is 156 Å². The summed E-state index contributed by atoms with van der Waals surface area (Å²) < 4.78 is 19.5. The lowest BCUT2D eigenvalue weighted by molar-refractivity contribution is 0.0814. The molecule has 0 radical (unpaired) electrons. The second-order valence-corrected chi connectivity index (χ2v) is 24.1. The third-order valence-corrected chi connectivity index (χ3v) is 17.7. The quantitative estimate of drug-likeness (QED) is 0.0491. The van der Waals surface area contributed by atoms with Crippen molar-refractivity contribution >= 4 is 16.7 Å². The highest BCUT2D eigenvalue weighted by Gasteiger charge is 2.40. The number of hydrogen-bond donors (Lipinski definition) is 6. The zero-order valence-electron chi connectivity index (χ0n) is 51.5. The molecule has 94 heavy (non-hydrogen) atoms. The molecule has 0 aliphatic carbocycles. The Labute approximate surface area is 552 Å². The molecular formula is C73H92N18O3. The van der Waals surface area contributed by atoms with Crippen LogP contribution < -0.4 is 47.4 Å². The molecule has 3 saturated heterocycles. The van der Waals surface area contributed by atoms with Crippen LogP contribution in [0.2, 0.25) is 0 Å². The van der Waals surface area contributed by atoms with E-state index >= 15 is 0 Å². The monoisotopic (exact) mass is 1270 g/mol. The van der Waals surface area contributed by atoms with E-state index in [1.54, 1.807) is 9.59 Å². The first kappa shape index (κ1) is 67.8. The number of tetrazole rings is 3. The molecule has 9 heterocycles. The Kier molecular flexibility index (Phi) is 22.5. The Hall–Kier alpha value is -9.09. The number of aryl methyl sites for hydroxylation is 2. The Morgan fingerprint density at radius 1 is 0.340 bits per heavy atom. The van der Waals surface area contributed by atoms with E-state index in [0.717, 1.165) is 173 Å². The maximum Gasteiger partial charge on any atom is 0.204 e. The van der Waals surface area contributed by atoms with Crippen LogP contribution in [0.4, 0.5) is 0 Å². The fourth-order valence-electron chi connectivity index (χ4n) is 12.8. The number of nitrogens with zero attached hydrogens (tertiary/aromatic N) is 12. The third-order valence-electron chi connectivity index (χ3n) is 17.7. The Morgan fingerprint density at radius 3 is 0.957 bits per heavy atom.